The van der Waals surface area contributed by atoms with Crippen LogP contribution >= 0.6 is 11.6 Å². The highest BCUT2D eigenvalue weighted by Crippen LogP contribution is 2.24. The summed E-state index contributed by atoms with van der Waals surface area (Å²) in [5.74, 6) is -0.992. The van der Waals surface area contributed by atoms with Crippen molar-refractivity contribution in [2.45, 2.75) is 67.3 Å². The van der Waals surface area contributed by atoms with Crippen LogP contribution in [0.25, 0.3) is 0 Å². The molecule has 0 saturated heterocycles. The lowest BCUT2D eigenvalue weighted by Crippen LogP contribution is -2.21. The van der Waals surface area contributed by atoms with E-state index < -0.39 is 12.0 Å². The van der Waals surface area contributed by atoms with E-state index in [-0.39, 0.29) is 19.0 Å². The van der Waals surface area contributed by atoms with Crippen LogP contribution in [0.5, 0.6) is 0 Å². The van der Waals surface area contributed by atoms with Crippen molar-refractivity contribution < 1.29 is 14.7 Å². The molecule has 0 aliphatic rings. The zero-order valence-corrected chi connectivity index (χ0v) is 22.6. The van der Waals surface area contributed by atoms with Gasteiger partial charge in [0.1, 0.15) is 12.3 Å². The number of carbonyl (C=O) groups is 2. The van der Waals surface area contributed by atoms with Gasteiger partial charge in [0.15, 0.2) is 0 Å². The number of aliphatic carboxylic acids is 1. The van der Waals surface area contributed by atoms with Crippen LogP contribution in [0.2, 0.25) is 0 Å². The van der Waals surface area contributed by atoms with Crippen LogP contribution in [0.15, 0.2) is 54.6 Å². The number of hydrogen-bond donors (Lipinski definition) is 3. The summed E-state index contributed by atoms with van der Waals surface area (Å²) in [7, 11) is 0. The summed E-state index contributed by atoms with van der Waals surface area (Å²) in [4.78, 5) is 21.0. The number of aldehydes is 1. The van der Waals surface area contributed by atoms with Gasteiger partial charge in [0.05, 0.1) is 5.38 Å². The van der Waals surface area contributed by atoms with E-state index in [9.17, 15) is 9.59 Å². The molecule has 2 atom stereocenters. The molecule has 198 valence electrons. The first-order valence-corrected chi connectivity index (χ1v) is 11.6. The molecule has 0 aliphatic carbocycles. The van der Waals surface area contributed by atoms with Crippen LogP contribution < -0.4 is 11.9 Å². The molecule has 0 spiro atoms. The van der Waals surface area contributed by atoms with Crippen LogP contribution in [0.4, 0.5) is 0 Å². The zero-order valence-electron chi connectivity index (χ0n) is 21.9. The fraction of sp³-hybridized carbons (Fsp3) is 0.333. The molecule has 2 unspecified atom stereocenters. The van der Waals surface area contributed by atoms with E-state index in [1.807, 2.05) is 65.0 Å². The molecule has 5 nitrogen and oxygen atoms in total. The number of benzene rings is 3. The molecule has 0 fully saturated rings. The van der Waals surface area contributed by atoms with Crippen LogP contribution in [-0.4, -0.2) is 17.4 Å². The standard InChI is InChI=1S/C10H13Cl.C10H13NO2.C9H10O.CH4.H3N/c1-7-5-4-6-10(8(7)2)9(3)11;1-6-4-3-5-8(7(6)2)9(11)10(12)13;1-7-4-3-5-9(6-10)8(7)2;;/h4-6,9H,1-3H3;3-5,9H,11H2,1-2H3,(H,12,13);3-6H,1-2H3;1H4;1H3. The van der Waals surface area contributed by atoms with E-state index in [1.54, 1.807) is 6.07 Å². The molecular weight excluding hydrogens is 472 g/mol. The lowest BCUT2D eigenvalue weighted by Gasteiger charge is -2.11. The van der Waals surface area contributed by atoms with Crippen LogP contribution in [0.3, 0.4) is 0 Å². The zero-order chi connectivity index (χ0) is 26.0. The second-order valence-corrected chi connectivity index (χ2v) is 9.07. The molecule has 3 aromatic rings. The fourth-order valence-electron chi connectivity index (χ4n) is 3.35. The smallest absolute Gasteiger partial charge is 0.325 e. The Morgan fingerprint density at radius 1 is 0.806 bits per heavy atom. The first-order valence-electron chi connectivity index (χ1n) is 11.2. The van der Waals surface area contributed by atoms with Crippen LogP contribution in [0, 0.1) is 41.5 Å². The number of carboxylic acids is 1. The highest BCUT2D eigenvalue weighted by atomic mass is 35.5. The minimum absolute atomic E-state index is 0. The first kappa shape index (κ1) is 35.2. The number of halogens is 1. The van der Waals surface area contributed by atoms with Gasteiger partial charge in [0, 0.05) is 5.56 Å². The molecule has 0 aliphatic heterocycles. The fourth-order valence-corrected chi connectivity index (χ4v) is 3.59. The Bertz CT molecular complexity index is 1130. The summed E-state index contributed by atoms with van der Waals surface area (Å²) < 4.78 is 0. The average molecular weight is 515 g/mol. The van der Waals surface area contributed by atoms with Gasteiger partial charge in [-0.25, -0.2) is 0 Å². The summed E-state index contributed by atoms with van der Waals surface area (Å²) >= 11 is 5.98. The van der Waals surface area contributed by atoms with Gasteiger partial charge in [-0.05, 0) is 93.0 Å². The molecule has 0 heterocycles. The summed E-state index contributed by atoms with van der Waals surface area (Å²) in [6.45, 7) is 14.0. The maximum Gasteiger partial charge on any atom is 0.325 e. The van der Waals surface area contributed by atoms with E-state index in [0.717, 1.165) is 28.5 Å². The number of carbonyl (C=O) groups excluding carboxylic acids is 1. The van der Waals surface area contributed by atoms with E-state index in [4.69, 9.17) is 22.4 Å². The summed E-state index contributed by atoms with van der Waals surface area (Å²) in [5, 5.41) is 8.85. The molecular formula is C30H43ClN2O3. The van der Waals surface area contributed by atoms with Crippen LogP contribution in [0.1, 0.15) is 80.6 Å². The van der Waals surface area contributed by atoms with Gasteiger partial charge in [-0.2, -0.15) is 0 Å². The van der Waals surface area contributed by atoms with Crippen molar-refractivity contribution in [3.05, 3.63) is 105 Å². The van der Waals surface area contributed by atoms with Crippen molar-refractivity contribution in [3.63, 3.8) is 0 Å². The first-order chi connectivity index (χ1) is 15.9. The molecule has 0 radical (unpaired) electrons. The van der Waals surface area contributed by atoms with Crippen LogP contribution in [-0.2, 0) is 4.79 Å². The lowest BCUT2D eigenvalue weighted by atomic mass is 9.98. The van der Waals surface area contributed by atoms with Gasteiger partial charge >= 0.3 is 5.97 Å². The van der Waals surface area contributed by atoms with Crippen molar-refractivity contribution in [2.24, 2.45) is 5.73 Å². The third-order valence-corrected chi connectivity index (χ3v) is 6.33. The van der Waals surface area contributed by atoms with E-state index in [0.29, 0.717) is 5.56 Å². The number of aryl methyl sites for hydroxylation is 3. The van der Waals surface area contributed by atoms with Crippen molar-refractivity contribution in [3.8, 4) is 0 Å². The Morgan fingerprint density at radius 3 is 1.56 bits per heavy atom. The Morgan fingerprint density at radius 2 is 1.19 bits per heavy atom. The summed E-state index contributed by atoms with van der Waals surface area (Å²) in [5.41, 5.74) is 15.1. The van der Waals surface area contributed by atoms with Gasteiger partial charge in [-0.15, -0.1) is 11.6 Å². The van der Waals surface area contributed by atoms with Crippen molar-refractivity contribution in [2.75, 3.05) is 0 Å². The van der Waals surface area contributed by atoms with Crippen molar-refractivity contribution >= 4 is 23.9 Å². The van der Waals surface area contributed by atoms with Gasteiger partial charge < -0.3 is 17.0 Å². The SMILES string of the molecule is C.Cc1cccc(C(C)Cl)c1C.Cc1cccc(C(N)C(=O)O)c1C.Cc1cccc(C=O)c1C.N. The molecule has 0 bridgehead atoms. The molecule has 6 heteroatoms. The molecule has 0 aromatic heterocycles. The second kappa shape index (κ2) is 16.6. The number of carboxylic acid groups (broad SMARTS) is 1. The topological polar surface area (TPSA) is 115 Å². The maximum atomic E-state index is 10.6. The Hall–Kier alpha value is -2.99. The molecule has 3 rings (SSSR count). The quantitative estimate of drug-likeness (QED) is 0.241. The van der Waals surface area contributed by atoms with Gasteiger partial charge in [0.2, 0.25) is 0 Å². The Labute approximate surface area is 222 Å². The van der Waals surface area contributed by atoms with Gasteiger partial charge in [-0.1, -0.05) is 62.0 Å². The maximum absolute atomic E-state index is 10.6. The second-order valence-electron chi connectivity index (χ2n) is 8.42. The Kier molecular flexibility index (Phi) is 16.3. The van der Waals surface area contributed by atoms with Gasteiger partial charge in [0.25, 0.3) is 0 Å². The molecule has 0 saturated carbocycles. The molecule has 6 N–H and O–H groups in total. The van der Waals surface area contributed by atoms with E-state index in [1.165, 1.54) is 22.3 Å². The normalized spacial score (nSPS) is 11.1. The van der Waals surface area contributed by atoms with E-state index in [2.05, 4.69) is 32.0 Å². The summed E-state index contributed by atoms with van der Waals surface area (Å²) in [6, 6.07) is 16.6. The predicted molar refractivity (Wildman–Crippen MR) is 154 cm³/mol. The van der Waals surface area contributed by atoms with Crippen molar-refractivity contribution in [1.82, 2.24) is 6.15 Å². The third-order valence-electron chi connectivity index (χ3n) is 6.10. The van der Waals surface area contributed by atoms with Crippen molar-refractivity contribution in [1.29, 1.82) is 0 Å². The number of rotatable bonds is 4. The van der Waals surface area contributed by atoms with Gasteiger partial charge in [-0.3, -0.25) is 9.59 Å². The highest BCUT2D eigenvalue weighted by Gasteiger charge is 2.16. The minimum Gasteiger partial charge on any atom is -0.480 e. The van der Waals surface area contributed by atoms with E-state index >= 15 is 0 Å². The number of hydrogen-bond acceptors (Lipinski definition) is 4. The number of alkyl halides is 1. The molecule has 3 aromatic carbocycles. The highest BCUT2D eigenvalue weighted by molar-refractivity contribution is 6.20. The third kappa shape index (κ3) is 9.94. The monoisotopic (exact) mass is 514 g/mol. The molecule has 36 heavy (non-hydrogen) atoms. The average Bonchev–Trinajstić information content (AvgIpc) is 2.79. The Balaban J connectivity index is 0. The minimum atomic E-state index is -0.992. The molecule has 0 amide bonds. The predicted octanol–water partition coefficient (Wildman–Crippen LogP) is 7.91. The largest absolute Gasteiger partial charge is 0.480 e. The number of nitrogens with two attached hydrogens (primary N) is 1. The lowest BCUT2D eigenvalue weighted by molar-refractivity contribution is -0.138. The summed E-state index contributed by atoms with van der Waals surface area (Å²) in [6.07, 6.45) is 0.891.